The Morgan fingerprint density at radius 3 is 2.03 bits per heavy atom. The van der Waals surface area contributed by atoms with Gasteiger partial charge in [0.2, 0.25) is 5.91 Å². The van der Waals surface area contributed by atoms with Crippen LogP contribution in [0.4, 0.5) is 26.3 Å². The molecule has 1 spiro atoms. The molecule has 1 aromatic rings. The number of aliphatic carboxylic acids is 2. The van der Waals surface area contributed by atoms with Crippen LogP contribution < -0.4 is 5.32 Å². The summed E-state index contributed by atoms with van der Waals surface area (Å²) in [5.74, 6) is -5.34. The lowest BCUT2D eigenvalue weighted by molar-refractivity contribution is -0.193. The number of aromatic nitrogens is 1. The Balaban J connectivity index is 0.000000383. The van der Waals surface area contributed by atoms with Crippen LogP contribution in [0.3, 0.4) is 0 Å². The maximum Gasteiger partial charge on any atom is 0.490 e. The number of amides is 1. The van der Waals surface area contributed by atoms with Crippen LogP contribution in [-0.4, -0.2) is 83.6 Å². The van der Waals surface area contributed by atoms with Gasteiger partial charge in [0, 0.05) is 31.3 Å². The van der Waals surface area contributed by atoms with Gasteiger partial charge in [-0.3, -0.25) is 14.7 Å². The highest BCUT2D eigenvalue weighted by atomic mass is 19.4. The van der Waals surface area contributed by atoms with Crippen molar-refractivity contribution in [2.24, 2.45) is 11.3 Å². The highest BCUT2D eigenvalue weighted by molar-refractivity contribution is 5.82. The summed E-state index contributed by atoms with van der Waals surface area (Å²) in [6, 6.07) is 6.18. The zero-order chi connectivity index (χ0) is 27.7. The van der Waals surface area contributed by atoms with Crippen molar-refractivity contribution in [3.63, 3.8) is 0 Å². The van der Waals surface area contributed by atoms with E-state index >= 15 is 0 Å². The second-order valence-corrected chi connectivity index (χ2v) is 8.24. The summed E-state index contributed by atoms with van der Waals surface area (Å²) in [5.41, 5.74) is 2.28. The van der Waals surface area contributed by atoms with E-state index in [0.717, 1.165) is 50.4 Å². The van der Waals surface area contributed by atoms with Crippen LogP contribution >= 0.6 is 0 Å². The highest BCUT2D eigenvalue weighted by Crippen LogP contribution is 2.42. The first-order chi connectivity index (χ1) is 16.5. The number of hydrogen-bond donors (Lipinski definition) is 3. The lowest BCUT2D eigenvalue weighted by Gasteiger charge is -2.41. The van der Waals surface area contributed by atoms with Crippen molar-refractivity contribution < 1.29 is 55.7 Å². The van der Waals surface area contributed by atoms with Gasteiger partial charge in [-0.25, -0.2) is 9.59 Å². The molecule has 0 saturated carbocycles. The van der Waals surface area contributed by atoms with Crippen molar-refractivity contribution in [1.29, 1.82) is 0 Å². The van der Waals surface area contributed by atoms with Gasteiger partial charge in [-0.05, 0) is 45.0 Å². The minimum Gasteiger partial charge on any atom is -0.475 e. The predicted molar refractivity (Wildman–Crippen MR) is 112 cm³/mol. The molecule has 3 N–H and O–H groups in total. The van der Waals surface area contributed by atoms with Gasteiger partial charge < -0.3 is 20.3 Å². The first-order valence-electron chi connectivity index (χ1n) is 10.5. The fourth-order valence-corrected chi connectivity index (χ4v) is 3.81. The van der Waals surface area contributed by atoms with E-state index in [-0.39, 0.29) is 17.2 Å². The van der Waals surface area contributed by atoms with Gasteiger partial charge in [-0.2, -0.15) is 26.3 Å². The van der Waals surface area contributed by atoms with Crippen LogP contribution in [-0.2, 0) is 25.7 Å². The van der Waals surface area contributed by atoms with Crippen LogP contribution in [0.25, 0.3) is 0 Å². The number of aryl methyl sites for hydroxylation is 1. The topological polar surface area (TPSA) is 129 Å². The zero-order valence-electron chi connectivity index (χ0n) is 19.4. The molecule has 2 saturated heterocycles. The molecule has 1 unspecified atom stereocenters. The Hall–Kier alpha value is -2.94. The third kappa shape index (κ3) is 9.60. The predicted octanol–water partition coefficient (Wildman–Crippen LogP) is 2.63. The summed E-state index contributed by atoms with van der Waals surface area (Å²) in [6.07, 6.45) is -8.07. The highest BCUT2D eigenvalue weighted by Gasteiger charge is 2.49. The van der Waals surface area contributed by atoms with Crippen LogP contribution in [0.5, 0.6) is 0 Å². The van der Waals surface area contributed by atoms with Gasteiger partial charge >= 0.3 is 24.3 Å². The summed E-state index contributed by atoms with van der Waals surface area (Å²) < 4.78 is 68.7. The largest absolute Gasteiger partial charge is 0.490 e. The van der Waals surface area contributed by atoms with Crippen LogP contribution in [0.1, 0.15) is 24.2 Å². The number of likely N-dealkylation sites (tertiary alicyclic amines) is 1. The number of carbonyl (C=O) groups excluding carboxylic acids is 1. The summed E-state index contributed by atoms with van der Waals surface area (Å²) in [6.45, 7) is 6.30. The summed E-state index contributed by atoms with van der Waals surface area (Å²) >= 11 is 0. The van der Waals surface area contributed by atoms with Crippen molar-refractivity contribution in [2.75, 3.05) is 33.4 Å². The Kier molecular flexibility index (Phi) is 11.1. The van der Waals surface area contributed by atoms with Gasteiger partial charge in [0.1, 0.15) is 0 Å². The van der Waals surface area contributed by atoms with Gasteiger partial charge in [0.25, 0.3) is 0 Å². The van der Waals surface area contributed by atoms with Crippen LogP contribution in [0.15, 0.2) is 18.2 Å². The zero-order valence-corrected chi connectivity index (χ0v) is 19.4. The maximum absolute atomic E-state index is 12.0. The van der Waals surface area contributed by atoms with E-state index in [2.05, 4.69) is 27.3 Å². The third-order valence-corrected chi connectivity index (χ3v) is 5.67. The summed E-state index contributed by atoms with van der Waals surface area (Å²) in [7, 11) is 1.68. The quantitative estimate of drug-likeness (QED) is 0.506. The van der Waals surface area contributed by atoms with Gasteiger partial charge in [-0.1, -0.05) is 6.07 Å². The van der Waals surface area contributed by atoms with E-state index < -0.39 is 24.3 Å². The molecule has 0 aliphatic carbocycles. The maximum atomic E-state index is 12.0. The SMILES string of the molecule is COCC1C(=O)NCC12CCN(Cc1cccc(C)n1)CC2.O=C(O)C(F)(F)F.O=C(O)C(F)(F)F. The monoisotopic (exact) mass is 531 g/mol. The molecule has 2 aliphatic heterocycles. The number of rotatable bonds is 4. The molecule has 2 aliphatic rings. The fraction of sp³-hybridized carbons (Fsp3) is 0.619. The molecule has 9 nitrogen and oxygen atoms in total. The summed E-state index contributed by atoms with van der Waals surface area (Å²) in [4.78, 5) is 36.9. The molecule has 15 heteroatoms. The number of carboxylic acids is 2. The second kappa shape index (κ2) is 12.9. The van der Waals surface area contributed by atoms with E-state index in [1.54, 1.807) is 7.11 Å². The van der Waals surface area contributed by atoms with E-state index in [0.29, 0.717) is 6.61 Å². The van der Waals surface area contributed by atoms with Gasteiger partial charge in [0.05, 0.1) is 18.2 Å². The average molecular weight is 531 g/mol. The lowest BCUT2D eigenvalue weighted by Crippen LogP contribution is -2.45. The molecule has 1 aromatic heterocycles. The molecular weight excluding hydrogens is 504 g/mol. The number of halogens is 6. The summed E-state index contributed by atoms with van der Waals surface area (Å²) in [5, 5.41) is 17.3. The first kappa shape index (κ1) is 31.1. The number of carboxylic acid groups (broad SMARTS) is 2. The van der Waals surface area contributed by atoms with Crippen molar-refractivity contribution in [2.45, 2.75) is 38.7 Å². The smallest absolute Gasteiger partial charge is 0.475 e. The minimum absolute atomic E-state index is 0.0109. The molecule has 0 bridgehead atoms. The number of pyridine rings is 1. The Bertz CT molecular complexity index is 877. The molecule has 3 heterocycles. The molecule has 0 aromatic carbocycles. The van der Waals surface area contributed by atoms with E-state index in [1.165, 1.54) is 0 Å². The number of methoxy groups -OCH3 is 1. The third-order valence-electron chi connectivity index (χ3n) is 5.67. The number of ether oxygens (including phenoxy) is 1. The number of alkyl halides is 6. The molecule has 3 rings (SSSR count). The molecular formula is C21H27F6N3O6. The molecule has 36 heavy (non-hydrogen) atoms. The Morgan fingerprint density at radius 1 is 1.11 bits per heavy atom. The number of carbonyl (C=O) groups is 3. The van der Waals surface area contributed by atoms with Crippen molar-refractivity contribution >= 4 is 17.8 Å². The first-order valence-corrected chi connectivity index (χ1v) is 10.5. The number of piperidine rings is 1. The van der Waals surface area contributed by atoms with Crippen molar-refractivity contribution in [3.8, 4) is 0 Å². The average Bonchev–Trinajstić information content (AvgIpc) is 3.05. The standard InChI is InChI=1S/C17H25N3O2.2C2HF3O2/c1-13-4-3-5-14(19-13)10-20-8-6-17(7-9-20)12-18-16(21)15(17)11-22-2;2*3-2(4,5)1(6)7/h3-5,15H,6-12H2,1-2H3,(H,18,21);2*(H,6,7). The molecule has 0 radical (unpaired) electrons. The van der Waals surface area contributed by atoms with E-state index in [9.17, 15) is 31.1 Å². The fourth-order valence-electron chi connectivity index (χ4n) is 3.81. The minimum atomic E-state index is -5.08. The normalized spacial score (nSPS) is 19.4. The van der Waals surface area contributed by atoms with Gasteiger partial charge in [0.15, 0.2) is 0 Å². The second-order valence-electron chi connectivity index (χ2n) is 8.24. The molecule has 1 atom stereocenters. The number of nitrogens with zero attached hydrogens (tertiary/aromatic N) is 2. The van der Waals surface area contributed by atoms with E-state index in [1.807, 2.05) is 13.0 Å². The van der Waals surface area contributed by atoms with E-state index in [4.69, 9.17) is 24.5 Å². The van der Waals surface area contributed by atoms with Crippen LogP contribution in [0.2, 0.25) is 0 Å². The number of hydrogen-bond acceptors (Lipinski definition) is 6. The molecule has 2 fully saturated rings. The number of nitrogens with one attached hydrogen (secondary N) is 1. The molecule has 204 valence electrons. The lowest BCUT2D eigenvalue weighted by atomic mass is 9.71. The molecule has 1 amide bonds. The Morgan fingerprint density at radius 2 is 1.61 bits per heavy atom. The van der Waals surface area contributed by atoms with Crippen molar-refractivity contribution in [3.05, 3.63) is 29.6 Å². The van der Waals surface area contributed by atoms with Gasteiger partial charge in [-0.15, -0.1) is 0 Å². The Labute approximate surface area is 202 Å². The van der Waals surface area contributed by atoms with Crippen molar-refractivity contribution in [1.82, 2.24) is 15.2 Å². The van der Waals surface area contributed by atoms with Crippen LogP contribution in [0, 0.1) is 18.3 Å².